The van der Waals surface area contributed by atoms with Crippen LogP contribution in [0.2, 0.25) is 0 Å². The average Bonchev–Trinajstić information content (AvgIpc) is 2.87. The zero-order valence-corrected chi connectivity index (χ0v) is 12.2. The predicted molar refractivity (Wildman–Crippen MR) is 72.2 cm³/mol. The van der Waals surface area contributed by atoms with Gasteiger partial charge in [-0.1, -0.05) is 6.42 Å². The van der Waals surface area contributed by atoms with Crippen LogP contribution in [-0.2, 0) is 9.53 Å². The van der Waals surface area contributed by atoms with Crippen molar-refractivity contribution < 1.29 is 9.53 Å². The highest BCUT2D eigenvalue weighted by atomic mass is 16.5. The Kier molecular flexibility index (Phi) is 4.00. The molecular formula is C15H27NO2. The van der Waals surface area contributed by atoms with Crippen molar-refractivity contribution in [3.63, 3.8) is 0 Å². The molecule has 2 fully saturated rings. The van der Waals surface area contributed by atoms with Crippen LogP contribution in [0.5, 0.6) is 0 Å². The van der Waals surface area contributed by atoms with Gasteiger partial charge in [0.25, 0.3) is 0 Å². The lowest BCUT2D eigenvalue weighted by molar-refractivity contribution is -0.131. The number of rotatable bonds is 4. The Morgan fingerprint density at radius 2 is 2.06 bits per heavy atom. The third kappa shape index (κ3) is 3.47. The van der Waals surface area contributed by atoms with Crippen LogP contribution in [0.3, 0.4) is 0 Å². The van der Waals surface area contributed by atoms with Crippen molar-refractivity contribution >= 4 is 5.91 Å². The average molecular weight is 253 g/mol. The second kappa shape index (κ2) is 5.20. The maximum absolute atomic E-state index is 11.8. The molecule has 1 amide bonds. The summed E-state index contributed by atoms with van der Waals surface area (Å²) in [6.45, 7) is 8.24. The molecule has 2 rings (SSSR count). The summed E-state index contributed by atoms with van der Waals surface area (Å²) in [6.07, 6.45) is 5.48. The molecule has 3 nitrogen and oxygen atoms in total. The summed E-state index contributed by atoms with van der Waals surface area (Å²) in [5.74, 6) is 2.52. The van der Waals surface area contributed by atoms with Gasteiger partial charge in [-0.05, 0) is 64.7 Å². The molecule has 0 aliphatic heterocycles. The van der Waals surface area contributed by atoms with Crippen molar-refractivity contribution in [3.8, 4) is 0 Å². The molecular weight excluding hydrogens is 226 g/mol. The van der Waals surface area contributed by atoms with E-state index in [-0.39, 0.29) is 18.1 Å². The molecule has 2 aliphatic carbocycles. The summed E-state index contributed by atoms with van der Waals surface area (Å²) in [7, 11) is 0. The normalized spacial score (nSPS) is 32.6. The molecule has 0 aromatic heterocycles. The molecule has 2 bridgehead atoms. The number of carbonyl (C=O) groups excluding carboxylic acids is 1. The summed E-state index contributed by atoms with van der Waals surface area (Å²) in [6, 6.07) is 0.302. The van der Waals surface area contributed by atoms with Crippen LogP contribution in [0, 0.1) is 17.8 Å². The van der Waals surface area contributed by atoms with E-state index < -0.39 is 0 Å². The Balaban J connectivity index is 1.74. The van der Waals surface area contributed by atoms with E-state index in [1.54, 1.807) is 0 Å². The molecule has 2 saturated carbocycles. The largest absolute Gasteiger partial charge is 0.366 e. The number of ether oxygens (including phenoxy) is 1. The number of carbonyl (C=O) groups is 1. The van der Waals surface area contributed by atoms with E-state index in [1.165, 1.54) is 25.7 Å². The molecule has 0 aromatic rings. The van der Waals surface area contributed by atoms with Gasteiger partial charge < -0.3 is 10.1 Å². The van der Waals surface area contributed by atoms with E-state index in [0.29, 0.717) is 12.0 Å². The van der Waals surface area contributed by atoms with Crippen molar-refractivity contribution in [2.45, 2.75) is 65.0 Å². The van der Waals surface area contributed by atoms with Gasteiger partial charge in [0.2, 0.25) is 5.91 Å². The maximum atomic E-state index is 11.8. The Morgan fingerprint density at radius 1 is 1.33 bits per heavy atom. The van der Waals surface area contributed by atoms with Crippen LogP contribution in [0.4, 0.5) is 0 Å². The fourth-order valence-corrected chi connectivity index (χ4v) is 3.59. The van der Waals surface area contributed by atoms with Crippen molar-refractivity contribution in [2.24, 2.45) is 17.8 Å². The van der Waals surface area contributed by atoms with Crippen molar-refractivity contribution in [1.82, 2.24) is 5.32 Å². The first-order chi connectivity index (χ1) is 8.35. The number of hydrogen-bond acceptors (Lipinski definition) is 2. The fourth-order valence-electron chi connectivity index (χ4n) is 3.59. The second-order valence-electron chi connectivity index (χ2n) is 7.10. The van der Waals surface area contributed by atoms with Crippen LogP contribution in [0.1, 0.15) is 53.4 Å². The highest BCUT2D eigenvalue weighted by molar-refractivity contribution is 5.77. The minimum atomic E-state index is -0.243. The molecule has 1 N–H and O–H groups in total. The van der Waals surface area contributed by atoms with E-state index in [4.69, 9.17) is 4.74 Å². The van der Waals surface area contributed by atoms with Crippen LogP contribution < -0.4 is 5.32 Å². The van der Waals surface area contributed by atoms with Crippen molar-refractivity contribution in [2.75, 3.05) is 6.61 Å². The lowest BCUT2D eigenvalue weighted by atomic mass is 9.84. The molecule has 0 radical (unpaired) electrons. The summed E-state index contributed by atoms with van der Waals surface area (Å²) in [4.78, 5) is 11.8. The van der Waals surface area contributed by atoms with Gasteiger partial charge in [0.15, 0.2) is 0 Å². The Hall–Kier alpha value is -0.570. The summed E-state index contributed by atoms with van der Waals surface area (Å²) < 4.78 is 5.50. The third-order valence-corrected chi connectivity index (χ3v) is 4.46. The van der Waals surface area contributed by atoms with Gasteiger partial charge in [0, 0.05) is 6.04 Å². The zero-order valence-electron chi connectivity index (χ0n) is 12.2. The summed E-state index contributed by atoms with van der Waals surface area (Å²) in [5, 5.41) is 3.12. The first-order valence-electron chi connectivity index (χ1n) is 7.28. The first kappa shape index (κ1) is 13.9. The van der Waals surface area contributed by atoms with E-state index >= 15 is 0 Å². The quantitative estimate of drug-likeness (QED) is 0.836. The number of fused-ring (bicyclic) bond motifs is 2. The molecule has 0 spiro atoms. The fraction of sp³-hybridized carbons (Fsp3) is 0.933. The van der Waals surface area contributed by atoms with Crippen LogP contribution in [-0.4, -0.2) is 24.2 Å². The topological polar surface area (TPSA) is 38.3 Å². The molecule has 2 aliphatic rings. The number of amides is 1. The van der Waals surface area contributed by atoms with Gasteiger partial charge in [-0.3, -0.25) is 4.79 Å². The van der Waals surface area contributed by atoms with Crippen LogP contribution in [0.25, 0.3) is 0 Å². The molecule has 18 heavy (non-hydrogen) atoms. The van der Waals surface area contributed by atoms with Crippen LogP contribution >= 0.6 is 0 Å². The van der Waals surface area contributed by atoms with Crippen LogP contribution in [0.15, 0.2) is 0 Å². The summed E-state index contributed by atoms with van der Waals surface area (Å²) in [5.41, 5.74) is -0.243. The van der Waals surface area contributed by atoms with Gasteiger partial charge in [-0.15, -0.1) is 0 Å². The molecule has 4 unspecified atom stereocenters. The highest BCUT2D eigenvalue weighted by Gasteiger charge is 2.42. The molecule has 3 heteroatoms. The molecule has 0 aromatic carbocycles. The second-order valence-corrected chi connectivity index (χ2v) is 7.10. The minimum Gasteiger partial charge on any atom is -0.366 e. The first-order valence-corrected chi connectivity index (χ1v) is 7.28. The monoisotopic (exact) mass is 253 g/mol. The van der Waals surface area contributed by atoms with E-state index in [9.17, 15) is 4.79 Å². The predicted octanol–water partition coefficient (Wildman–Crippen LogP) is 2.74. The molecule has 4 atom stereocenters. The van der Waals surface area contributed by atoms with Crippen molar-refractivity contribution in [3.05, 3.63) is 0 Å². The van der Waals surface area contributed by atoms with E-state index in [2.05, 4.69) is 12.2 Å². The van der Waals surface area contributed by atoms with Gasteiger partial charge >= 0.3 is 0 Å². The SMILES string of the molecule is CC(NC(=O)COC(C)(C)C)C1CC2CCC1C2. The minimum absolute atomic E-state index is 0.0280. The summed E-state index contributed by atoms with van der Waals surface area (Å²) >= 11 is 0. The molecule has 0 saturated heterocycles. The Morgan fingerprint density at radius 3 is 2.56 bits per heavy atom. The Bertz CT molecular complexity index is 308. The van der Waals surface area contributed by atoms with E-state index in [0.717, 1.165) is 11.8 Å². The molecule has 0 heterocycles. The lowest BCUT2D eigenvalue weighted by Crippen LogP contribution is -2.42. The van der Waals surface area contributed by atoms with Gasteiger partial charge in [-0.25, -0.2) is 0 Å². The zero-order chi connectivity index (χ0) is 13.3. The highest BCUT2D eigenvalue weighted by Crippen LogP contribution is 2.49. The number of nitrogens with one attached hydrogen (secondary N) is 1. The smallest absolute Gasteiger partial charge is 0.246 e. The lowest BCUT2D eigenvalue weighted by Gasteiger charge is -2.29. The van der Waals surface area contributed by atoms with Crippen molar-refractivity contribution in [1.29, 1.82) is 0 Å². The molecule has 104 valence electrons. The Labute approximate surface area is 111 Å². The standard InChI is InChI=1S/C15H27NO2/c1-10(13-8-11-5-6-12(13)7-11)16-14(17)9-18-15(2,3)4/h10-13H,5-9H2,1-4H3,(H,16,17). The van der Waals surface area contributed by atoms with Gasteiger partial charge in [-0.2, -0.15) is 0 Å². The van der Waals surface area contributed by atoms with Gasteiger partial charge in [0.1, 0.15) is 6.61 Å². The van der Waals surface area contributed by atoms with E-state index in [1.807, 2.05) is 20.8 Å². The third-order valence-electron chi connectivity index (χ3n) is 4.46. The number of hydrogen-bond donors (Lipinski definition) is 1. The van der Waals surface area contributed by atoms with Gasteiger partial charge in [0.05, 0.1) is 5.60 Å². The maximum Gasteiger partial charge on any atom is 0.246 e.